The first-order valence-corrected chi connectivity index (χ1v) is 9.21. The zero-order chi connectivity index (χ0) is 19.2. The maximum Gasteiger partial charge on any atom is 0.345 e. The quantitative estimate of drug-likeness (QED) is 0.455. The molecule has 6 nitrogen and oxygen atoms in total. The summed E-state index contributed by atoms with van der Waals surface area (Å²) in [5.74, 6) is 0.373. The van der Waals surface area contributed by atoms with Crippen LogP contribution >= 0.6 is 0 Å². The van der Waals surface area contributed by atoms with Crippen LogP contribution < -0.4 is 9.47 Å². The van der Waals surface area contributed by atoms with Gasteiger partial charge in [0.1, 0.15) is 0 Å². The number of rotatable bonds is 5. The second kappa shape index (κ2) is 8.66. The van der Waals surface area contributed by atoms with E-state index in [0.717, 1.165) is 18.4 Å². The van der Waals surface area contributed by atoms with Crippen LogP contribution in [0.1, 0.15) is 49.0 Å². The lowest BCUT2D eigenvalue weighted by Crippen LogP contribution is -2.39. The fourth-order valence-corrected chi connectivity index (χ4v) is 3.26. The molecule has 3 rings (SSSR count). The summed E-state index contributed by atoms with van der Waals surface area (Å²) in [6.45, 7) is 4.41. The predicted octanol–water partition coefficient (Wildman–Crippen LogP) is 3.91. The zero-order valence-electron chi connectivity index (χ0n) is 16.0. The molecular weight excluding hydrogens is 342 g/mol. The van der Waals surface area contributed by atoms with Crippen molar-refractivity contribution in [2.75, 3.05) is 7.11 Å². The van der Waals surface area contributed by atoms with E-state index in [0.29, 0.717) is 29.1 Å². The monoisotopic (exact) mass is 367 g/mol. The number of hydrogen-bond acceptors (Lipinski definition) is 6. The maximum absolute atomic E-state index is 12.2. The summed E-state index contributed by atoms with van der Waals surface area (Å²) in [4.78, 5) is 16.2. The Morgan fingerprint density at radius 2 is 2.00 bits per heavy atom. The predicted molar refractivity (Wildman–Crippen MR) is 104 cm³/mol. The van der Waals surface area contributed by atoms with Crippen molar-refractivity contribution in [1.29, 1.82) is 0 Å². The summed E-state index contributed by atoms with van der Waals surface area (Å²) in [6, 6.07) is 9.61. The molecule has 1 saturated heterocycles. The molecule has 142 valence electrons. The SMILES string of the molecule is COc1cc(/C=N\N2[C@H](C)CCC[C@H]2C)ccc1OC(=O)c1cccnc1. The third kappa shape index (κ3) is 4.64. The Morgan fingerprint density at radius 3 is 2.67 bits per heavy atom. The fraction of sp³-hybridized carbons (Fsp3) is 0.381. The number of ether oxygens (including phenoxy) is 2. The molecule has 0 amide bonds. The lowest BCUT2D eigenvalue weighted by molar-refractivity contribution is 0.0729. The van der Waals surface area contributed by atoms with Gasteiger partial charge in [0.05, 0.1) is 18.9 Å². The van der Waals surface area contributed by atoms with Gasteiger partial charge in [0, 0.05) is 24.5 Å². The van der Waals surface area contributed by atoms with E-state index in [1.807, 2.05) is 18.3 Å². The van der Waals surface area contributed by atoms with Gasteiger partial charge < -0.3 is 9.47 Å². The number of hydrogen-bond donors (Lipinski definition) is 0. The van der Waals surface area contributed by atoms with Crippen LogP contribution in [0.4, 0.5) is 0 Å². The molecule has 0 radical (unpaired) electrons. The van der Waals surface area contributed by atoms with Gasteiger partial charge in [0.25, 0.3) is 0 Å². The van der Waals surface area contributed by atoms with E-state index in [-0.39, 0.29) is 0 Å². The highest BCUT2D eigenvalue weighted by Crippen LogP contribution is 2.29. The van der Waals surface area contributed by atoms with Crippen molar-refractivity contribution < 1.29 is 14.3 Å². The van der Waals surface area contributed by atoms with E-state index >= 15 is 0 Å². The van der Waals surface area contributed by atoms with Crippen LogP contribution in [-0.4, -0.2) is 41.4 Å². The highest BCUT2D eigenvalue weighted by Gasteiger charge is 2.22. The average Bonchev–Trinajstić information content (AvgIpc) is 2.69. The number of benzene rings is 1. The molecule has 2 atom stereocenters. The van der Waals surface area contributed by atoms with E-state index in [9.17, 15) is 4.79 Å². The van der Waals surface area contributed by atoms with Crippen molar-refractivity contribution in [3.63, 3.8) is 0 Å². The van der Waals surface area contributed by atoms with Crippen LogP contribution in [0.2, 0.25) is 0 Å². The van der Waals surface area contributed by atoms with Gasteiger partial charge in [-0.05, 0) is 69.0 Å². The summed E-state index contributed by atoms with van der Waals surface area (Å²) >= 11 is 0. The van der Waals surface area contributed by atoms with Crippen molar-refractivity contribution in [3.05, 3.63) is 53.9 Å². The Kier molecular flexibility index (Phi) is 6.06. The van der Waals surface area contributed by atoms with E-state index in [1.54, 1.807) is 31.5 Å². The molecule has 0 saturated carbocycles. The van der Waals surface area contributed by atoms with E-state index in [4.69, 9.17) is 9.47 Å². The Bertz CT molecular complexity index is 798. The summed E-state index contributed by atoms with van der Waals surface area (Å²) in [7, 11) is 1.55. The van der Waals surface area contributed by atoms with Crippen molar-refractivity contribution in [2.45, 2.75) is 45.2 Å². The van der Waals surface area contributed by atoms with E-state index < -0.39 is 5.97 Å². The Balaban J connectivity index is 1.74. The number of carbonyl (C=O) groups excluding carboxylic acids is 1. The molecule has 1 aromatic carbocycles. The van der Waals surface area contributed by atoms with Crippen LogP contribution in [0.15, 0.2) is 47.8 Å². The third-order valence-electron chi connectivity index (χ3n) is 4.77. The highest BCUT2D eigenvalue weighted by atomic mass is 16.6. The largest absolute Gasteiger partial charge is 0.493 e. The summed E-state index contributed by atoms with van der Waals surface area (Å²) in [5, 5.41) is 6.82. The molecule has 6 heteroatoms. The minimum atomic E-state index is -0.473. The van der Waals surface area contributed by atoms with Gasteiger partial charge in [-0.25, -0.2) is 4.79 Å². The second-order valence-electron chi connectivity index (χ2n) is 6.80. The van der Waals surface area contributed by atoms with Gasteiger partial charge in [-0.1, -0.05) is 0 Å². The molecule has 1 aliphatic heterocycles. The topological polar surface area (TPSA) is 64.0 Å². The third-order valence-corrected chi connectivity index (χ3v) is 4.77. The second-order valence-corrected chi connectivity index (χ2v) is 6.80. The molecule has 0 unspecified atom stereocenters. The maximum atomic E-state index is 12.2. The first-order valence-electron chi connectivity index (χ1n) is 9.21. The number of piperidine rings is 1. The summed E-state index contributed by atoms with van der Waals surface area (Å²) in [5.41, 5.74) is 1.27. The van der Waals surface area contributed by atoms with E-state index in [2.05, 4.69) is 28.9 Å². The normalized spacial score (nSPS) is 19.9. The summed E-state index contributed by atoms with van der Waals surface area (Å²) in [6.07, 6.45) is 8.47. The fourth-order valence-electron chi connectivity index (χ4n) is 3.26. The summed E-state index contributed by atoms with van der Waals surface area (Å²) < 4.78 is 10.8. The molecule has 1 aliphatic rings. The average molecular weight is 367 g/mol. The van der Waals surface area contributed by atoms with Crippen LogP contribution in [0.3, 0.4) is 0 Å². The number of carbonyl (C=O) groups is 1. The minimum absolute atomic E-state index is 0.364. The number of esters is 1. The molecule has 1 aromatic heterocycles. The smallest absolute Gasteiger partial charge is 0.345 e. The zero-order valence-corrected chi connectivity index (χ0v) is 16.0. The van der Waals surface area contributed by atoms with Crippen molar-refractivity contribution >= 4 is 12.2 Å². The Labute approximate surface area is 159 Å². The van der Waals surface area contributed by atoms with Crippen molar-refractivity contribution in [3.8, 4) is 11.5 Å². The standard InChI is InChI=1S/C21H25N3O3/c1-15-6-4-7-16(2)24(15)23-13-17-9-10-19(20(12-17)26-3)27-21(25)18-8-5-11-22-14-18/h5,8-16H,4,6-7H2,1-3H3/b23-13-/t15-,16-/m1/s1. The molecule has 0 spiro atoms. The van der Waals surface area contributed by atoms with E-state index in [1.165, 1.54) is 12.6 Å². The van der Waals surface area contributed by atoms with Gasteiger partial charge in [-0.15, -0.1) is 0 Å². The molecule has 0 bridgehead atoms. The lowest BCUT2D eigenvalue weighted by Gasteiger charge is -2.36. The van der Waals surface area contributed by atoms with Crippen LogP contribution in [0.5, 0.6) is 11.5 Å². The van der Waals surface area contributed by atoms with Crippen molar-refractivity contribution in [2.24, 2.45) is 5.10 Å². The Hall–Kier alpha value is -2.89. The molecule has 2 aromatic rings. The lowest BCUT2D eigenvalue weighted by atomic mass is 10.00. The number of hydrazone groups is 1. The van der Waals surface area contributed by atoms with Gasteiger partial charge >= 0.3 is 5.97 Å². The number of nitrogens with zero attached hydrogens (tertiary/aromatic N) is 3. The first kappa shape index (κ1) is 18.9. The van der Waals surface area contributed by atoms with Gasteiger partial charge in [0.2, 0.25) is 0 Å². The Morgan fingerprint density at radius 1 is 1.22 bits per heavy atom. The van der Waals surface area contributed by atoms with Crippen molar-refractivity contribution in [1.82, 2.24) is 9.99 Å². The van der Waals surface area contributed by atoms with Gasteiger partial charge in [-0.2, -0.15) is 5.10 Å². The van der Waals surface area contributed by atoms with Crippen LogP contribution in [0, 0.1) is 0 Å². The molecule has 1 fully saturated rings. The molecule has 2 heterocycles. The number of methoxy groups -OCH3 is 1. The molecule has 27 heavy (non-hydrogen) atoms. The number of pyridine rings is 1. The highest BCUT2D eigenvalue weighted by molar-refractivity contribution is 5.91. The molecule has 0 N–H and O–H groups in total. The minimum Gasteiger partial charge on any atom is -0.493 e. The van der Waals surface area contributed by atoms with Gasteiger partial charge in [0.15, 0.2) is 11.5 Å². The van der Waals surface area contributed by atoms with Crippen LogP contribution in [0.25, 0.3) is 0 Å². The van der Waals surface area contributed by atoms with Gasteiger partial charge in [-0.3, -0.25) is 9.99 Å². The van der Waals surface area contributed by atoms with Crippen LogP contribution in [-0.2, 0) is 0 Å². The first-order chi connectivity index (χ1) is 13.1. The molecular formula is C21H25N3O3. The number of aromatic nitrogens is 1. The molecule has 0 aliphatic carbocycles.